The lowest BCUT2D eigenvalue weighted by Gasteiger charge is -2.13. The SMILES string of the molecule is CCOc1ccc2c(c1)c(CNC(C)C)c(C)n2C(C)C. The van der Waals surface area contributed by atoms with Crippen LogP contribution in [0.4, 0.5) is 0 Å². The van der Waals surface area contributed by atoms with E-state index in [9.17, 15) is 0 Å². The Bertz CT molecular complexity index is 611. The molecule has 1 N–H and O–H groups in total. The van der Waals surface area contributed by atoms with Crippen molar-refractivity contribution in [3.05, 3.63) is 29.5 Å². The van der Waals surface area contributed by atoms with E-state index in [1.807, 2.05) is 6.92 Å². The average molecular weight is 288 g/mol. The minimum absolute atomic E-state index is 0.457. The van der Waals surface area contributed by atoms with Gasteiger partial charge >= 0.3 is 0 Å². The van der Waals surface area contributed by atoms with Gasteiger partial charge in [-0.15, -0.1) is 0 Å². The van der Waals surface area contributed by atoms with Crippen LogP contribution >= 0.6 is 0 Å². The molecule has 2 aromatic rings. The van der Waals surface area contributed by atoms with Crippen molar-refractivity contribution in [3.8, 4) is 5.75 Å². The molecule has 0 saturated carbocycles. The Balaban J connectivity index is 2.56. The smallest absolute Gasteiger partial charge is 0.120 e. The van der Waals surface area contributed by atoms with Gasteiger partial charge in [0.2, 0.25) is 0 Å². The molecular formula is C18H28N2O. The third kappa shape index (κ3) is 3.24. The van der Waals surface area contributed by atoms with Gasteiger partial charge < -0.3 is 14.6 Å². The van der Waals surface area contributed by atoms with Crippen molar-refractivity contribution in [2.24, 2.45) is 0 Å². The van der Waals surface area contributed by atoms with E-state index in [-0.39, 0.29) is 0 Å². The Kier molecular flexibility index (Phi) is 4.94. The lowest BCUT2D eigenvalue weighted by Crippen LogP contribution is -2.22. The molecule has 0 aliphatic rings. The van der Waals surface area contributed by atoms with Crippen LogP contribution < -0.4 is 10.1 Å². The molecule has 0 unspecified atom stereocenters. The van der Waals surface area contributed by atoms with Crippen LogP contribution in [0, 0.1) is 6.92 Å². The predicted octanol–water partition coefficient (Wildman–Crippen LogP) is 4.43. The number of nitrogens with one attached hydrogen (secondary N) is 1. The van der Waals surface area contributed by atoms with Crippen LogP contribution in [0.25, 0.3) is 10.9 Å². The zero-order valence-corrected chi connectivity index (χ0v) is 14.2. The molecule has 1 heterocycles. The first-order valence-corrected chi connectivity index (χ1v) is 7.95. The summed E-state index contributed by atoms with van der Waals surface area (Å²) in [5.41, 5.74) is 4.03. The molecule has 3 heteroatoms. The molecule has 0 bridgehead atoms. The Hall–Kier alpha value is -1.48. The Morgan fingerprint density at radius 2 is 1.90 bits per heavy atom. The molecule has 0 aliphatic heterocycles. The van der Waals surface area contributed by atoms with Gasteiger partial charge in [-0.05, 0) is 51.5 Å². The molecule has 21 heavy (non-hydrogen) atoms. The number of nitrogens with zero attached hydrogens (tertiary/aromatic N) is 1. The number of benzene rings is 1. The standard InChI is InChI=1S/C18H28N2O/c1-7-21-15-8-9-18-16(10-15)17(11-19-12(2)3)14(6)20(18)13(4)5/h8-10,12-13,19H,7,11H2,1-6H3. The number of ether oxygens (including phenoxy) is 1. The van der Waals surface area contributed by atoms with Gasteiger partial charge in [-0.3, -0.25) is 0 Å². The predicted molar refractivity (Wildman–Crippen MR) is 90.2 cm³/mol. The highest BCUT2D eigenvalue weighted by atomic mass is 16.5. The van der Waals surface area contributed by atoms with E-state index in [0.29, 0.717) is 18.7 Å². The molecule has 2 rings (SSSR count). The average Bonchev–Trinajstić information content (AvgIpc) is 2.68. The molecule has 3 nitrogen and oxygen atoms in total. The van der Waals surface area contributed by atoms with Gasteiger partial charge in [0.25, 0.3) is 0 Å². The van der Waals surface area contributed by atoms with E-state index < -0.39 is 0 Å². The van der Waals surface area contributed by atoms with Gasteiger partial charge in [-0.2, -0.15) is 0 Å². The summed E-state index contributed by atoms with van der Waals surface area (Å²) in [5, 5.41) is 4.85. The normalized spacial score (nSPS) is 11.8. The van der Waals surface area contributed by atoms with Crippen molar-refractivity contribution in [2.45, 2.75) is 60.2 Å². The highest BCUT2D eigenvalue weighted by molar-refractivity contribution is 5.87. The molecule has 0 fully saturated rings. The first kappa shape index (κ1) is 15.9. The second-order valence-electron chi connectivity index (χ2n) is 6.18. The van der Waals surface area contributed by atoms with Gasteiger partial charge in [0.05, 0.1) is 6.61 Å². The van der Waals surface area contributed by atoms with E-state index in [1.54, 1.807) is 0 Å². The summed E-state index contributed by atoms with van der Waals surface area (Å²) >= 11 is 0. The summed E-state index contributed by atoms with van der Waals surface area (Å²) in [7, 11) is 0. The second-order valence-corrected chi connectivity index (χ2v) is 6.18. The summed E-state index contributed by atoms with van der Waals surface area (Å²) in [6, 6.07) is 7.38. The zero-order valence-electron chi connectivity index (χ0n) is 14.2. The lowest BCUT2D eigenvalue weighted by atomic mass is 10.1. The van der Waals surface area contributed by atoms with E-state index in [4.69, 9.17) is 4.74 Å². The van der Waals surface area contributed by atoms with Gasteiger partial charge in [0.15, 0.2) is 0 Å². The summed E-state index contributed by atoms with van der Waals surface area (Å²) in [4.78, 5) is 0. The third-order valence-electron chi connectivity index (χ3n) is 3.87. The number of hydrogen-bond donors (Lipinski definition) is 1. The molecule has 1 aromatic heterocycles. The van der Waals surface area contributed by atoms with Crippen LogP contribution in [0.3, 0.4) is 0 Å². The minimum Gasteiger partial charge on any atom is -0.494 e. The maximum atomic E-state index is 5.67. The topological polar surface area (TPSA) is 26.2 Å². The van der Waals surface area contributed by atoms with Crippen molar-refractivity contribution in [1.29, 1.82) is 0 Å². The van der Waals surface area contributed by atoms with E-state index in [2.05, 4.69) is 62.7 Å². The molecule has 0 radical (unpaired) electrons. The number of rotatable bonds is 6. The van der Waals surface area contributed by atoms with Crippen LogP contribution in [0.15, 0.2) is 18.2 Å². The largest absolute Gasteiger partial charge is 0.494 e. The maximum Gasteiger partial charge on any atom is 0.120 e. The molecule has 0 atom stereocenters. The first-order chi connectivity index (χ1) is 9.95. The highest BCUT2D eigenvalue weighted by Gasteiger charge is 2.16. The quantitative estimate of drug-likeness (QED) is 0.851. The fourth-order valence-corrected chi connectivity index (χ4v) is 2.94. The van der Waals surface area contributed by atoms with Crippen molar-refractivity contribution in [1.82, 2.24) is 9.88 Å². The molecule has 0 amide bonds. The fraction of sp³-hybridized carbons (Fsp3) is 0.556. The van der Waals surface area contributed by atoms with Crippen molar-refractivity contribution in [3.63, 3.8) is 0 Å². The number of aromatic nitrogens is 1. The molecule has 0 saturated heterocycles. The molecule has 116 valence electrons. The van der Waals surface area contributed by atoms with E-state index >= 15 is 0 Å². The Morgan fingerprint density at radius 1 is 1.19 bits per heavy atom. The van der Waals surface area contributed by atoms with Crippen LogP contribution in [0.1, 0.15) is 51.9 Å². The summed E-state index contributed by atoms with van der Waals surface area (Å²) in [5.74, 6) is 0.955. The third-order valence-corrected chi connectivity index (χ3v) is 3.87. The molecular weight excluding hydrogens is 260 g/mol. The monoisotopic (exact) mass is 288 g/mol. The van der Waals surface area contributed by atoms with Crippen molar-refractivity contribution < 1.29 is 4.74 Å². The van der Waals surface area contributed by atoms with Crippen LogP contribution in [-0.4, -0.2) is 17.2 Å². The summed E-state index contributed by atoms with van der Waals surface area (Å²) in [6.07, 6.45) is 0. The lowest BCUT2D eigenvalue weighted by molar-refractivity contribution is 0.340. The van der Waals surface area contributed by atoms with Gasteiger partial charge in [-0.25, -0.2) is 0 Å². The summed E-state index contributed by atoms with van der Waals surface area (Å²) in [6.45, 7) is 14.7. The highest BCUT2D eigenvalue weighted by Crippen LogP contribution is 2.31. The minimum atomic E-state index is 0.457. The Labute approximate surface area is 128 Å². The number of fused-ring (bicyclic) bond motifs is 1. The van der Waals surface area contributed by atoms with Crippen molar-refractivity contribution >= 4 is 10.9 Å². The first-order valence-electron chi connectivity index (χ1n) is 7.95. The molecule has 1 aromatic carbocycles. The Morgan fingerprint density at radius 3 is 2.48 bits per heavy atom. The number of hydrogen-bond acceptors (Lipinski definition) is 2. The van der Waals surface area contributed by atoms with E-state index in [0.717, 1.165) is 12.3 Å². The molecule has 0 aliphatic carbocycles. The van der Waals surface area contributed by atoms with Crippen LogP contribution in [0.2, 0.25) is 0 Å². The van der Waals surface area contributed by atoms with Gasteiger partial charge in [0, 0.05) is 35.2 Å². The second kappa shape index (κ2) is 6.52. The van der Waals surface area contributed by atoms with E-state index in [1.165, 1.54) is 22.2 Å². The maximum absolute atomic E-state index is 5.67. The molecule has 0 spiro atoms. The summed E-state index contributed by atoms with van der Waals surface area (Å²) < 4.78 is 8.09. The van der Waals surface area contributed by atoms with Crippen molar-refractivity contribution in [2.75, 3.05) is 6.61 Å². The van der Waals surface area contributed by atoms with Gasteiger partial charge in [-0.1, -0.05) is 13.8 Å². The zero-order chi connectivity index (χ0) is 15.6. The van der Waals surface area contributed by atoms with Crippen LogP contribution in [0.5, 0.6) is 5.75 Å². The van der Waals surface area contributed by atoms with Crippen LogP contribution in [-0.2, 0) is 6.54 Å². The van der Waals surface area contributed by atoms with Gasteiger partial charge in [0.1, 0.15) is 5.75 Å². The fourth-order valence-electron chi connectivity index (χ4n) is 2.94.